The maximum atomic E-state index is 13.7. The molecule has 1 N–H and O–H groups in total. The quantitative estimate of drug-likeness (QED) is 0.376. The lowest BCUT2D eigenvalue weighted by Gasteiger charge is -2.44. The summed E-state index contributed by atoms with van der Waals surface area (Å²) >= 11 is 16.7. The number of guanidine groups is 1. The van der Waals surface area contributed by atoms with Crippen molar-refractivity contribution in [3.05, 3.63) is 62.2 Å². The van der Waals surface area contributed by atoms with Crippen LogP contribution >= 0.6 is 39.1 Å². The van der Waals surface area contributed by atoms with Gasteiger partial charge in [-0.2, -0.15) is 4.98 Å². The van der Waals surface area contributed by atoms with Gasteiger partial charge in [-0.3, -0.25) is 19.6 Å². The fraction of sp³-hybridized carbons (Fsp3) is 0.357. The monoisotopic (exact) mass is 642 g/mol. The maximum absolute atomic E-state index is 13.7. The molecule has 9 nitrogen and oxygen atoms in total. The van der Waals surface area contributed by atoms with Crippen LogP contribution in [0.2, 0.25) is 10.0 Å². The third-order valence-electron chi connectivity index (χ3n) is 7.82. The van der Waals surface area contributed by atoms with Crippen LogP contribution in [0, 0.1) is 6.92 Å². The second-order valence-electron chi connectivity index (χ2n) is 10.5. The first-order chi connectivity index (χ1) is 19.1. The second-order valence-corrected chi connectivity index (χ2v) is 12.2. The van der Waals surface area contributed by atoms with E-state index in [1.165, 1.54) is 10.6 Å². The number of aliphatic imine (C=N–C) groups is 1. The van der Waals surface area contributed by atoms with Crippen molar-refractivity contribution in [3.63, 3.8) is 0 Å². The number of carbonyl (C=O) groups excluding carboxylic acids is 1. The number of likely N-dealkylation sites (N-methyl/N-ethyl adjacent to an activating group) is 1. The number of carbonyl (C=O) groups is 1. The number of anilines is 5. The van der Waals surface area contributed by atoms with Crippen LogP contribution in [0.25, 0.3) is 0 Å². The van der Waals surface area contributed by atoms with Gasteiger partial charge < -0.3 is 10.2 Å². The highest BCUT2D eigenvalue weighted by molar-refractivity contribution is 9.10. The number of aryl methyl sites for hydroxylation is 1. The van der Waals surface area contributed by atoms with E-state index < -0.39 is 0 Å². The number of halogens is 3. The molecular formula is C28H29BrCl2N8O. The van der Waals surface area contributed by atoms with Crippen LogP contribution in [-0.2, 0) is 0 Å². The van der Waals surface area contributed by atoms with E-state index in [1.807, 2.05) is 11.0 Å². The fourth-order valence-corrected chi connectivity index (χ4v) is 7.03. The second kappa shape index (κ2) is 10.5. The molecule has 1 amide bonds. The molecule has 208 valence electrons. The third kappa shape index (κ3) is 4.60. The zero-order valence-electron chi connectivity index (χ0n) is 22.6. The third-order valence-corrected chi connectivity index (χ3v) is 9.04. The van der Waals surface area contributed by atoms with E-state index in [0.29, 0.717) is 64.2 Å². The predicted octanol–water partition coefficient (Wildman–Crippen LogP) is 5.96. The number of rotatable bonds is 4. The number of nitrogens with zero attached hydrogens (tertiary/aromatic N) is 7. The summed E-state index contributed by atoms with van der Waals surface area (Å²) in [6.07, 6.45) is 1.54. The van der Waals surface area contributed by atoms with Gasteiger partial charge in [0.15, 0.2) is 5.82 Å². The molecule has 0 aliphatic carbocycles. The van der Waals surface area contributed by atoms with Gasteiger partial charge in [-0.15, -0.1) is 0 Å². The van der Waals surface area contributed by atoms with Crippen LogP contribution < -0.4 is 20.0 Å². The summed E-state index contributed by atoms with van der Waals surface area (Å²) in [5.41, 5.74) is 3.96. The highest BCUT2D eigenvalue weighted by Crippen LogP contribution is 2.40. The average molecular weight is 644 g/mol. The summed E-state index contributed by atoms with van der Waals surface area (Å²) in [7, 11) is 2.19. The largest absolute Gasteiger partial charge is 0.367 e. The Balaban J connectivity index is 1.30. The number of amides is 1. The molecule has 4 heterocycles. The minimum atomic E-state index is -0.327. The van der Waals surface area contributed by atoms with Crippen molar-refractivity contribution in [1.29, 1.82) is 0 Å². The topological polar surface area (TPSA) is 80.2 Å². The molecular weight excluding hydrogens is 615 g/mol. The van der Waals surface area contributed by atoms with Gasteiger partial charge in [0.1, 0.15) is 5.56 Å². The van der Waals surface area contributed by atoms with E-state index in [0.717, 1.165) is 28.8 Å². The van der Waals surface area contributed by atoms with Gasteiger partial charge in [0, 0.05) is 48.1 Å². The summed E-state index contributed by atoms with van der Waals surface area (Å²) in [4.78, 5) is 35.7. The van der Waals surface area contributed by atoms with Crippen molar-refractivity contribution in [1.82, 2.24) is 14.9 Å². The van der Waals surface area contributed by atoms with Crippen molar-refractivity contribution in [2.24, 2.45) is 4.99 Å². The molecule has 0 bridgehead atoms. The molecule has 3 aliphatic heterocycles. The Kier molecular flexibility index (Phi) is 7.14. The van der Waals surface area contributed by atoms with Crippen molar-refractivity contribution in [3.8, 4) is 0 Å². The fourth-order valence-electron chi connectivity index (χ4n) is 5.66. The number of piperazine rings is 1. The number of benzene rings is 2. The summed E-state index contributed by atoms with van der Waals surface area (Å²) in [6, 6.07) is 10.2. The van der Waals surface area contributed by atoms with Crippen LogP contribution in [0.3, 0.4) is 0 Å². The molecule has 6 rings (SSSR count). The molecule has 2 atom stereocenters. The average Bonchev–Trinajstić information content (AvgIpc) is 3.38. The number of para-hydroxylation sites is 1. The maximum Gasteiger partial charge on any atom is 0.270 e. The van der Waals surface area contributed by atoms with E-state index in [4.69, 9.17) is 28.2 Å². The van der Waals surface area contributed by atoms with E-state index in [9.17, 15) is 4.79 Å². The zero-order valence-corrected chi connectivity index (χ0v) is 25.7. The van der Waals surface area contributed by atoms with E-state index >= 15 is 0 Å². The molecule has 0 radical (unpaired) electrons. The van der Waals surface area contributed by atoms with Gasteiger partial charge in [-0.05, 0) is 73.6 Å². The van der Waals surface area contributed by atoms with Gasteiger partial charge in [-0.25, -0.2) is 9.88 Å². The number of hydrogen-bond donors (Lipinski definition) is 1. The highest BCUT2D eigenvalue weighted by atomic mass is 79.9. The molecule has 2 aromatic carbocycles. The first kappa shape index (κ1) is 27.3. The van der Waals surface area contributed by atoms with Crippen molar-refractivity contribution < 1.29 is 4.79 Å². The minimum Gasteiger partial charge on any atom is -0.367 e. The summed E-state index contributed by atoms with van der Waals surface area (Å²) in [5.74, 6) is 1.02. The van der Waals surface area contributed by atoms with Crippen molar-refractivity contribution >= 4 is 79.8 Å². The van der Waals surface area contributed by atoms with Crippen LogP contribution in [-0.4, -0.2) is 72.0 Å². The minimum absolute atomic E-state index is 0.327. The molecule has 40 heavy (non-hydrogen) atoms. The summed E-state index contributed by atoms with van der Waals surface area (Å²) in [5, 5.41) is 4.06. The lowest BCUT2D eigenvalue weighted by atomic mass is 10.1. The van der Waals surface area contributed by atoms with Crippen LogP contribution in [0.1, 0.15) is 29.8 Å². The molecule has 0 saturated carbocycles. The van der Waals surface area contributed by atoms with Gasteiger partial charge >= 0.3 is 0 Å². The molecule has 1 saturated heterocycles. The Morgan fingerprint density at radius 2 is 1.77 bits per heavy atom. The number of hydrogen-bond acceptors (Lipinski definition) is 8. The van der Waals surface area contributed by atoms with Crippen LogP contribution in [0.4, 0.5) is 28.8 Å². The molecule has 12 heteroatoms. The lowest BCUT2D eigenvalue weighted by molar-refractivity contribution is 0.1000. The van der Waals surface area contributed by atoms with Crippen molar-refractivity contribution in [2.45, 2.75) is 32.9 Å². The van der Waals surface area contributed by atoms with Gasteiger partial charge in [-0.1, -0.05) is 29.3 Å². The van der Waals surface area contributed by atoms with Crippen LogP contribution in [0.15, 0.2) is 46.0 Å². The van der Waals surface area contributed by atoms with Crippen molar-refractivity contribution in [2.75, 3.05) is 53.2 Å². The Bertz CT molecular complexity index is 1490. The smallest absolute Gasteiger partial charge is 0.270 e. The molecule has 3 aromatic rings. The van der Waals surface area contributed by atoms with Gasteiger partial charge in [0.25, 0.3) is 5.91 Å². The van der Waals surface area contributed by atoms with Gasteiger partial charge in [0.05, 0.1) is 28.0 Å². The van der Waals surface area contributed by atoms with E-state index in [2.05, 4.69) is 74.9 Å². The first-order valence-electron chi connectivity index (χ1n) is 13.2. The Morgan fingerprint density at radius 3 is 2.45 bits per heavy atom. The van der Waals surface area contributed by atoms with Gasteiger partial charge in [0.2, 0.25) is 11.9 Å². The SMILES string of the molecule is Cc1cc(Nc2ncc3c(n2)N2CCN=C2N(c2c(Cl)cccc2Cl)C3=O)cc(Br)c1N1C[C@@H](C)N(C)[C@@H](C)C1. The first-order valence-corrected chi connectivity index (χ1v) is 14.7. The number of fused-ring (bicyclic) bond motifs is 3. The molecule has 3 aliphatic rings. The number of aromatic nitrogens is 2. The normalized spacial score (nSPS) is 20.9. The standard InChI is InChI=1S/C28H29BrCl2N8O/c1-15-10-18(11-20(29)23(15)37-13-16(2)36(4)17(3)14-37)34-27-33-12-19-25(35-27)38-9-8-32-28(38)39(26(19)40)24-21(30)6-5-7-22(24)31/h5-7,10-12,16-17H,8-9,13-14H2,1-4H3,(H,33,34,35)/t16-,17+. The summed E-state index contributed by atoms with van der Waals surface area (Å²) < 4.78 is 1.01. The Labute approximate surface area is 251 Å². The molecule has 0 unspecified atom stereocenters. The molecule has 0 spiro atoms. The molecule has 1 fully saturated rings. The highest BCUT2D eigenvalue weighted by Gasteiger charge is 2.41. The Morgan fingerprint density at radius 1 is 1.07 bits per heavy atom. The Hall–Kier alpha value is -2.92. The van der Waals surface area contributed by atoms with Crippen LogP contribution in [0.5, 0.6) is 0 Å². The zero-order chi connectivity index (χ0) is 28.3. The number of nitrogens with one attached hydrogen (secondary N) is 1. The summed E-state index contributed by atoms with van der Waals surface area (Å²) in [6.45, 7) is 9.66. The molecule has 1 aromatic heterocycles. The predicted molar refractivity (Wildman–Crippen MR) is 166 cm³/mol. The van der Waals surface area contributed by atoms with E-state index in [-0.39, 0.29) is 5.91 Å². The lowest BCUT2D eigenvalue weighted by Crippen LogP contribution is -2.55. The van der Waals surface area contributed by atoms with E-state index in [1.54, 1.807) is 24.4 Å².